The largest absolute Gasteiger partial charge is 0.493 e. The summed E-state index contributed by atoms with van der Waals surface area (Å²) in [7, 11) is 4.64. The summed E-state index contributed by atoms with van der Waals surface area (Å²) in [4.78, 5) is 17.8. The highest BCUT2D eigenvalue weighted by Crippen LogP contribution is 2.38. The van der Waals surface area contributed by atoms with E-state index in [1.165, 1.54) is 30.4 Å². The minimum Gasteiger partial charge on any atom is -0.493 e. The van der Waals surface area contributed by atoms with Crippen molar-refractivity contribution in [2.45, 2.75) is 25.3 Å². The number of piperazine rings is 1. The molecule has 0 radical (unpaired) electrons. The molecule has 2 aromatic rings. The predicted octanol–water partition coefficient (Wildman–Crippen LogP) is 3.14. The molecule has 1 saturated heterocycles. The van der Waals surface area contributed by atoms with E-state index in [2.05, 4.69) is 39.4 Å². The summed E-state index contributed by atoms with van der Waals surface area (Å²) in [6.45, 7) is 5.63. The van der Waals surface area contributed by atoms with Crippen LogP contribution in [0.4, 0.5) is 0 Å². The van der Waals surface area contributed by atoms with Crippen LogP contribution in [0.1, 0.15) is 40.4 Å². The van der Waals surface area contributed by atoms with Gasteiger partial charge in [-0.15, -0.1) is 0 Å². The molecular formula is C26H35N3O4. The van der Waals surface area contributed by atoms with E-state index >= 15 is 0 Å². The van der Waals surface area contributed by atoms with Crippen LogP contribution in [0.25, 0.3) is 0 Å². The molecule has 178 valence electrons. The number of methoxy groups -OCH3 is 3. The highest BCUT2D eigenvalue weighted by atomic mass is 16.5. The van der Waals surface area contributed by atoms with E-state index in [0.717, 1.165) is 32.7 Å². The summed E-state index contributed by atoms with van der Waals surface area (Å²) in [5, 5.41) is 3.03. The third kappa shape index (κ3) is 5.25. The predicted molar refractivity (Wildman–Crippen MR) is 129 cm³/mol. The van der Waals surface area contributed by atoms with Crippen LogP contribution in [0.2, 0.25) is 0 Å². The van der Waals surface area contributed by atoms with Crippen LogP contribution in [0, 0.1) is 0 Å². The molecule has 1 aliphatic carbocycles. The highest BCUT2D eigenvalue weighted by molar-refractivity contribution is 5.95. The molecular weight excluding hydrogens is 418 g/mol. The van der Waals surface area contributed by atoms with E-state index in [1.54, 1.807) is 33.5 Å². The second kappa shape index (κ2) is 10.9. The normalized spacial score (nSPS) is 18.9. The second-order valence-electron chi connectivity index (χ2n) is 8.65. The average molecular weight is 454 g/mol. The molecule has 33 heavy (non-hydrogen) atoms. The minimum atomic E-state index is -0.147. The molecule has 0 aromatic heterocycles. The first-order chi connectivity index (χ1) is 16.1. The van der Waals surface area contributed by atoms with Gasteiger partial charge in [-0.3, -0.25) is 14.6 Å². The Morgan fingerprint density at radius 3 is 2.36 bits per heavy atom. The van der Waals surface area contributed by atoms with Crippen molar-refractivity contribution in [2.75, 3.05) is 60.6 Å². The van der Waals surface area contributed by atoms with Gasteiger partial charge in [0.05, 0.1) is 21.3 Å². The van der Waals surface area contributed by atoms with Gasteiger partial charge in [-0.25, -0.2) is 0 Å². The molecule has 7 heteroatoms. The lowest BCUT2D eigenvalue weighted by atomic mass is 9.86. The van der Waals surface area contributed by atoms with Crippen LogP contribution < -0.4 is 19.5 Å². The Balaban J connectivity index is 1.27. The van der Waals surface area contributed by atoms with Gasteiger partial charge in [0.1, 0.15) is 0 Å². The molecule has 0 spiro atoms. The molecule has 1 amide bonds. The molecule has 2 aliphatic rings. The van der Waals surface area contributed by atoms with E-state index in [-0.39, 0.29) is 5.91 Å². The topological polar surface area (TPSA) is 63.3 Å². The number of fused-ring (bicyclic) bond motifs is 1. The van der Waals surface area contributed by atoms with E-state index in [4.69, 9.17) is 14.2 Å². The van der Waals surface area contributed by atoms with Crippen molar-refractivity contribution in [1.29, 1.82) is 0 Å². The number of aryl methyl sites for hydroxylation is 1. The second-order valence-corrected chi connectivity index (χ2v) is 8.65. The van der Waals surface area contributed by atoms with Gasteiger partial charge in [0, 0.05) is 50.9 Å². The molecule has 7 nitrogen and oxygen atoms in total. The standard InChI is InChI=1S/C26H35N3O4/c1-31-23-17-20(18-24(32-2)25(23)33-3)26(30)27-11-12-28-13-15-29(16-14-28)22-10-6-8-19-7-4-5-9-21(19)22/h4-5,7,9,17-18,22H,6,8,10-16H2,1-3H3,(H,27,30). The van der Waals surface area contributed by atoms with Gasteiger partial charge in [-0.2, -0.15) is 0 Å². The molecule has 0 bridgehead atoms. The SMILES string of the molecule is COc1cc(C(=O)NCCN2CCN(C3CCCc4ccccc43)CC2)cc(OC)c1OC. The Bertz CT molecular complexity index is 931. The summed E-state index contributed by atoms with van der Waals surface area (Å²) < 4.78 is 16.0. The third-order valence-electron chi connectivity index (χ3n) is 6.83. The zero-order valence-corrected chi connectivity index (χ0v) is 19.9. The molecule has 0 saturated carbocycles. The van der Waals surface area contributed by atoms with E-state index in [0.29, 0.717) is 35.4 Å². The number of carbonyl (C=O) groups excluding carboxylic acids is 1. The number of benzene rings is 2. The van der Waals surface area contributed by atoms with Gasteiger partial charge in [-0.05, 0) is 42.5 Å². The number of nitrogens with zero attached hydrogens (tertiary/aromatic N) is 2. The lowest BCUT2D eigenvalue weighted by molar-refractivity contribution is 0.0846. The van der Waals surface area contributed by atoms with Crippen molar-refractivity contribution in [3.05, 3.63) is 53.1 Å². The monoisotopic (exact) mass is 453 g/mol. The highest BCUT2D eigenvalue weighted by Gasteiger charge is 2.28. The van der Waals surface area contributed by atoms with Crippen LogP contribution in [-0.4, -0.2) is 76.3 Å². The Hall–Kier alpha value is -2.77. The van der Waals surface area contributed by atoms with Crippen molar-refractivity contribution >= 4 is 5.91 Å². The summed E-state index contributed by atoms with van der Waals surface area (Å²) >= 11 is 0. The van der Waals surface area contributed by atoms with Crippen molar-refractivity contribution in [3.63, 3.8) is 0 Å². The first-order valence-electron chi connectivity index (χ1n) is 11.8. The zero-order valence-electron chi connectivity index (χ0n) is 19.9. The third-order valence-corrected chi connectivity index (χ3v) is 6.83. The van der Waals surface area contributed by atoms with Crippen molar-refractivity contribution < 1.29 is 19.0 Å². The Labute approximate surface area is 196 Å². The Morgan fingerprint density at radius 1 is 1.00 bits per heavy atom. The number of amides is 1. The van der Waals surface area contributed by atoms with Gasteiger partial charge in [-0.1, -0.05) is 24.3 Å². The number of nitrogens with one attached hydrogen (secondary N) is 1. The first kappa shape index (κ1) is 23.4. The maximum atomic E-state index is 12.7. The first-order valence-corrected chi connectivity index (χ1v) is 11.8. The summed E-state index contributed by atoms with van der Waals surface area (Å²) in [5.74, 6) is 1.28. The van der Waals surface area contributed by atoms with Crippen molar-refractivity contribution in [2.24, 2.45) is 0 Å². The maximum Gasteiger partial charge on any atom is 0.251 e. The van der Waals surface area contributed by atoms with E-state index in [1.807, 2.05) is 0 Å². The number of carbonyl (C=O) groups is 1. The Kier molecular flexibility index (Phi) is 7.73. The summed E-state index contributed by atoms with van der Waals surface area (Å²) in [6.07, 6.45) is 3.73. The molecule has 1 N–H and O–H groups in total. The number of ether oxygens (including phenoxy) is 3. The van der Waals surface area contributed by atoms with Gasteiger partial charge >= 0.3 is 0 Å². The van der Waals surface area contributed by atoms with Crippen LogP contribution in [0.5, 0.6) is 17.2 Å². The number of rotatable bonds is 8. The van der Waals surface area contributed by atoms with Gasteiger partial charge in [0.25, 0.3) is 5.91 Å². The lowest BCUT2D eigenvalue weighted by Gasteiger charge is -2.41. The zero-order chi connectivity index (χ0) is 23.2. The molecule has 2 aromatic carbocycles. The van der Waals surface area contributed by atoms with Gasteiger partial charge < -0.3 is 19.5 Å². The van der Waals surface area contributed by atoms with Gasteiger partial charge in [0.15, 0.2) is 11.5 Å². The Morgan fingerprint density at radius 2 is 1.70 bits per heavy atom. The summed E-state index contributed by atoms with van der Waals surface area (Å²) in [6, 6.07) is 12.8. The van der Waals surface area contributed by atoms with E-state index in [9.17, 15) is 4.79 Å². The average Bonchev–Trinajstić information content (AvgIpc) is 2.87. The number of hydrogen-bond donors (Lipinski definition) is 1. The van der Waals surface area contributed by atoms with Crippen molar-refractivity contribution in [3.8, 4) is 17.2 Å². The smallest absolute Gasteiger partial charge is 0.251 e. The molecule has 1 heterocycles. The fraction of sp³-hybridized carbons (Fsp3) is 0.500. The molecule has 1 unspecified atom stereocenters. The lowest BCUT2D eigenvalue weighted by Crippen LogP contribution is -2.49. The summed E-state index contributed by atoms with van der Waals surface area (Å²) in [5.41, 5.74) is 3.53. The molecule has 1 fully saturated rings. The van der Waals surface area contributed by atoms with Crippen LogP contribution in [-0.2, 0) is 6.42 Å². The van der Waals surface area contributed by atoms with Crippen LogP contribution in [0.15, 0.2) is 36.4 Å². The van der Waals surface area contributed by atoms with Gasteiger partial charge in [0.2, 0.25) is 5.75 Å². The van der Waals surface area contributed by atoms with Crippen molar-refractivity contribution in [1.82, 2.24) is 15.1 Å². The van der Waals surface area contributed by atoms with E-state index < -0.39 is 0 Å². The fourth-order valence-electron chi connectivity index (χ4n) is 5.05. The molecule has 1 aliphatic heterocycles. The maximum absolute atomic E-state index is 12.7. The quantitative estimate of drug-likeness (QED) is 0.663. The van der Waals surface area contributed by atoms with Crippen LogP contribution >= 0.6 is 0 Å². The molecule has 4 rings (SSSR count). The number of hydrogen-bond acceptors (Lipinski definition) is 6. The minimum absolute atomic E-state index is 0.147. The van der Waals surface area contributed by atoms with Crippen LogP contribution in [0.3, 0.4) is 0 Å². The molecule has 1 atom stereocenters. The fourth-order valence-corrected chi connectivity index (χ4v) is 5.05.